The average Bonchev–Trinajstić information content (AvgIpc) is 3.11. The first-order chi connectivity index (χ1) is 13.0. The van der Waals surface area contributed by atoms with Gasteiger partial charge in [-0.25, -0.2) is 4.79 Å². The maximum atomic E-state index is 12.4. The summed E-state index contributed by atoms with van der Waals surface area (Å²) in [6.45, 7) is 13.0. The second-order valence-electron chi connectivity index (χ2n) is 11.1. The number of fused-ring (bicyclic) bond motifs is 1. The molecule has 0 spiro atoms. The van der Waals surface area contributed by atoms with Gasteiger partial charge in [0.25, 0.3) is 0 Å². The van der Waals surface area contributed by atoms with Gasteiger partial charge in [-0.3, -0.25) is 0 Å². The number of hydrogen-bond donors (Lipinski definition) is 0. The van der Waals surface area contributed by atoms with E-state index in [0.29, 0.717) is 11.3 Å². The summed E-state index contributed by atoms with van der Waals surface area (Å²) in [5.41, 5.74) is 1.11. The summed E-state index contributed by atoms with van der Waals surface area (Å²) in [5, 5.41) is 0. The highest BCUT2D eigenvalue weighted by molar-refractivity contribution is 9.11. The zero-order valence-corrected chi connectivity index (χ0v) is 20.2. The molecule has 1 aliphatic heterocycles. The number of halogens is 1. The van der Waals surface area contributed by atoms with Crippen molar-refractivity contribution >= 4 is 21.9 Å². The van der Waals surface area contributed by atoms with Gasteiger partial charge in [0.2, 0.25) is 6.29 Å². The summed E-state index contributed by atoms with van der Waals surface area (Å²) in [6.07, 6.45) is 9.11. The minimum atomic E-state index is -0.781. The number of cyclic esters (lactones) is 1. The molecule has 2 saturated carbocycles. The molecule has 3 fully saturated rings. The molecule has 0 aromatic carbocycles. The van der Waals surface area contributed by atoms with Gasteiger partial charge in [-0.05, 0) is 80.0 Å². The van der Waals surface area contributed by atoms with Gasteiger partial charge in [0, 0.05) is 5.41 Å². The first-order valence-corrected chi connectivity index (χ1v) is 12.1. The molecule has 6 atom stereocenters. The van der Waals surface area contributed by atoms with E-state index in [0.717, 1.165) is 31.1 Å². The van der Waals surface area contributed by atoms with E-state index in [2.05, 4.69) is 55.5 Å². The fourth-order valence-electron chi connectivity index (χ4n) is 6.15. The number of esters is 1. The highest BCUT2D eigenvalue weighted by atomic mass is 79.9. The number of allylic oxidation sites excluding steroid dienone is 1. The van der Waals surface area contributed by atoms with E-state index < -0.39 is 11.9 Å². The van der Waals surface area contributed by atoms with Crippen LogP contribution in [0.4, 0.5) is 0 Å². The maximum Gasteiger partial charge on any atom is 0.340 e. The third kappa shape index (κ3) is 4.10. The Morgan fingerprint density at radius 1 is 1.29 bits per heavy atom. The van der Waals surface area contributed by atoms with Crippen LogP contribution >= 0.6 is 15.9 Å². The van der Waals surface area contributed by atoms with Gasteiger partial charge in [0.1, 0.15) is 0 Å². The molecule has 0 amide bonds. The van der Waals surface area contributed by atoms with Crippen molar-refractivity contribution in [1.29, 1.82) is 0 Å². The SMILES string of the molecule is CC(CCC[C@@]1(C)O[C@H](C(C)(C)C)OC1=O)[C@H]1CCC2C(=CBr)CCC[C@@]21C. The molecule has 0 aromatic rings. The third-order valence-electron chi connectivity index (χ3n) is 7.90. The summed E-state index contributed by atoms with van der Waals surface area (Å²) in [5.74, 6) is 2.04. The maximum absolute atomic E-state index is 12.4. The van der Waals surface area contributed by atoms with E-state index >= 15 is 0 Å². The van der Waals surface area contributed by atoms with E-state index in [9.17, 15) is 4.79 Å². The second kappa shape index (κ2) is 8.06. The van der Waals surface area contributed by atoms with Gasteiger partial charge >= 0.3 is 5.97 Å². The van der Waals surface area contributed by atoms with Crippen molar-refractivity contribution in [3.05, 3.63) is 10.6 Å². The van der Waals surface area contributed by atoms with E-state index in [1.54, 1.807) is 5.57 Å². The lowest BCUT2D eigenvalue weighted by molar-refractivity contribution is -0.155. The lowest BCUT2D eigenvalue weighted by Gasteiger charge is -2.44. The Hall–Kier alpha value is -0.350. The Bertz CT molecular complexity index is 622. The molecule has 2 unspecified atom stereocenters. The lowest BCUT2D eigenvalue weighted by Crippen LogP contribution is -2.36. The smallest absolute Gasteiger partial charge is 0.340 e. The van der Waals surface area contributed by atoms with Crippen LogP contribution in [0.1, 0.15) is 92.9 Å². The Morgan fingerprint density at radius 3 is 2.61 bits per heavy atom. The topological polar surface area (TPSA) is 35.5 Å². The minimum Gasteiger partial charge on any atom is -0.433 e. The molecule has 0 radical (unpaired) electrons. The number of carbonyl (C=O) groups excluding carboxylic acids is 1. The number of rotatable bonds is 5. The molecule has 160 valence electrons. The Labute approximate surface area is 180 Å². The van der Waals surface area contributed by atoms with E-state index in [1.807, 2.05) is 6.92 Å². The van der Waals surface area contributed by atoms with E-state index in [-0.39, 0.29) is 11.4 Å². The first kappa shape index (κ1) is 22.3. The van der Waals surface area contributed by atoms with Crippen LogP contribution in [-0.2, 0) is 14.3 Å². The van der Waals surface area contributed by atoms with Gasteiger partial charge in [-0.1, -0.05) is 62.5 Å². The largest absolute Gasteiger partial charge is 0.433 e. The van der Waals surface area contributed by atoms with E-state index in [1.165, 1.54) is 32.1 Å². The standard InChI is InChI=1S/C24H39BrO3/c1-16(18-11-12-19-17(15-25)10-8-13-23(18,19)5)9-7-14-24(6)20(26)27-21(28-24)22(2,3)4/h15-16,18-19,21H,7-14H2,1-6H3/t16?,18-,19?,21-,23-,24-/m1/s1. The quantitative estimate of drug-likeness (QED) is 0.419. The molecule has 0 aromatic heterocycles. The Balaban J connectivity index is 1.56. The predicted molar refractivity (Wildman–Crippen MR) is 117 cm³/mol. The first-order valence-electron chi connectivity index (χ1n) is 11.2. The van der Waals surface area contributed by atoms with Gasteiger partial charge in [-0.15, -0.1) is 0 Å². The van der Waals surface area contributed by atoms with Crippen molar-refractivity contribution in [1.82, 2.24) is 0 Å². The summed E-state index contributed by atoms with van der Waals surface area (Å²) in [4.78, 5) is 14.6. The van der Waals surface area contributed by atoms with Gasteiger partial charge in [-0.2, -0.15) is 0 Å². The van der Waals surface area contributed by atoms with Gasteiger partial charge in [0.15, 0.2) is 5.60 Å². The Morgan fingerprint density at radius 2 is 2.00 bits per heavy atom. The van der Waals surface area contributed by atoms with Gasteiger partial charge < -0.3 is 9.47 Å². The van der Waals surface area contributed by atoms with Crippen molar-refractivity contribution in [3.8, 4) is 0 Å². The Kier molecular flexibility index (Phi) is 6.43. The van der Waals surface area contributed by atoms with Crippen molar-refractivity contribution in [2.24, 2.45) is 28.6 Å². The zero-order valence-electron chi connectivity index (χ0n) is 18.6. The lowest BCUT2D eigenvalue weighted by atomic mass is 9.61. The van der Waals surface area contributed by atoms with Crippen molar-refractivity contribution in [3.63, 3.8) is 0 Å². The molecule has 28 heavy (non-hydrogen) atoms. The van der Waals surface area contributed by atoms with Crippen molar-refractivity contribution in [2.45, 2.75) is 105 Å². The molecule has 3 rings (SSSR count). The molecule has 3 aliphatic rings. The predicted octanol–water partition coefficient (Wildman–Crippen LogP) is 6.99. The van der Waals surface area contributed by atoms with Crippen LogP contribution in [0.3, 0.4) is 0 Å². The second-order valence-corrected chi connectivity index (χ2v) is 11.6. The van der Waals surface area contributed by atoms with Crippen LogP contribution in [0.25, 0.3) is 0 Å². The highest BCUT2D eigenvalue weighted by Gasteiger charge is 2.52. The monoisotopic (exact) mass is 454 g/mol. The van der Waals surface area contributed by atoms with Crippen molar-refractivity contribution in [2.75, 3.05) is 0 Å². The molecule has 0 N–H and O–H groups in total. The van der Waals surface area contributed by atoms with E-state index in [4.69, 9.17) is 9.47 Å². The molecule has 4 heteroatoms. The summed E-state index contributed by atoms with van der Waals surface area (Å²) >= 11 is 3.62. The van der Waals surface area contributed by atoms with Crippen LogP contribution in [0, 0.1) is 28.6 Å². The van der Waals surface area contributed by atoms with Crippen LogP contribution in [0.5, 0.6) is 0 Å². The van der Waals surface area contributed by atoms with Crippen LogP contribution in [-0.4, -0.2) is 17.9 Å². The number of hydrogen-bond acceptors (Lipinski definition) is 3. The molecule has 0 bridgehead atoms. The van der Waals surface area contributed by atoms with Gasteiger partial charge in [0.05, 0.1) is 0 Å². The fraction of sp³-hybridized carbons (Fsp3) is 0.875. The average molecular weight is 455 g/mol. The van der Waals surface area contributed by atoms with Crippen LogP contribution in [0.15, 0.2) is 10.6 Å². The number of carbonyl (C=O) groups is 1. The molecule has 1 heterocycles. The summed E-state index contributed by atoms with van der Waals surface area (Å²) < 4.78 is 11.6. The molecule has 3 nitrogen and oxygen atoms in total. The van der Waals surface area contributed by atoms with Crippen molar-refractivity contribution < 1.29 is 14.3 Å². The minimum absolute atomic E-state index is 0.185. The fourth-order valence-corrected chi connectivity index (χ4v) is 6.70. The highest BCUT2D eigenvalue weighted by Crippen LogP contribution is 2.60. The molecular formula is C24H39BrO3. The van der Waals surface area contributed by atoms with Crippen LogP contribution < -0.4 is 0 Å². The summed E-state index contributed by atoms with van der Waals surface area (Å²) in [7, 11) is 0. The third-order valence-corrected chi connectivity index (χ3v) is 8.49. The summed E-state index contributed by atoms with van der Waals surface area (Å²) in [6, 6.07) is 0. The number of ether oxygens (including phenoxy) is 2. The van der Waals surface area contributed by atoms with Crippen LogP contribution in [0.2, 0.25) is 0 Å². The molecule has 1 saturated heterocycles. The normalized spacial score (nSPS) is 41.2. The molecular weight excluding hydrogens is 416 g/mol. The zero-order chi connectivity index (χ0) is 20.7. The molecule has 2 aliphatic carbocycles.